The van der Waals surface area contributed by atoms with E-state index in [1.807, 2.05) is 0 Å². The Balaban J connectivity index is 1.97. The van der Waals surface area contributed by atoms with Gasteiger partial charge in [-0.15, -0.1) is 0 Å². The van der Waals surface area contributed by atoms with E-state index in [1.165, 1.54) is 12.5 Å². The summed E-state index contributed by atoms with van der Waals surface area (Å²) in [6, 6.07) is 5.20. The Morgan fingerprint density at radius 1 is 1.43 bits per heavy atom. The molecule has 4 heteroatoms. The van der Waals surface area contributed by atoms with Crippen molar-refractivity contribution in [2.75, 3.05) is 13.2 Å². The first-order valence-electron chi connectivity index (χ1n) is 7.98. The first kappa shape index (κ1) is 16.7. The van der Waals surface area contributed by atoms with Gasteiger partial charge < -0.3 is 10.1 Å². The molecule has 1 saturated heterocycles. The van der Waals surface area contributed by atoms with Gasteiger partial charge in [-0.05, 0) is 62.8 Å². The highest BCUT2D eigenvalue weighted by Crippen LogP contribution is 2.21. The Hall–Kier alpha value is -0.640. The van der Waals surface area contributed by atoms with Gasteiger partial charge in [0.25, 0.3) is 0 Å². The molecule has 1 heterocycles. The zero-order chi connectivity index (χ0) is 15.1. The quantitative estimate of drug-likeness (QED) is 0.808. The highest BCUT2D eigenvalue weighted by molar-refractivity contribution is 6.30. The molecule has 1 aliphatic heterocycles. The lowest BCUT2D eigenvalue weighted by Crippen LogP contribution is -2.37. The van der Waals surface area contributed by atoms with E-state index in [-0.39, 0.29) is 11.9 Å². The summed E-state index contributed by atoms with van der Waals surface area (Å²) in [7, 11) is 0. The molecule has 1 aromatic carbocycles. The van der Waals surface area contributed by atoms with Crippen molar-refractivity contribution in [1.82, 2.24) is 5.32 Å². The number of hydrogen-bond donors (Lipinski definition) is 1. The van der Waals surface area contributed by atoms with Crippen molar-refractivity contribution in [1.29, 1.82) is 0 Å². The number of nitrogens with one attached hydrogen (secondary N) is 1. The van der Waals surface area contributed by atoms with Gasteiger partial charge in [0.05, 0.1) is 6.10 Å². The van der Waals surface area contributed by atoms with Crippen LogP contribution in [0.1, 0.15) is 44.6 Å². The maximum Gasteiger partial charge on any atom is 0.127 e. The number of hydrogen-bond acceptors (Lipinski definition) is 2. The largest absolute Gasteiger partial charge is 0.378 e. The first-order chi connectivity index (χ1) is 10.2. The summed E-state index contributed by atoms with van der Waals surface area (Å²) in [5.74, 6) is -0.213. The fourth-order valence-corrected chi connectivity index (χ4v) is 3.01. The van der Waals surface area contributed by atoms with Crippen molar-refractivity contribution in [3.8, 4) is 0 Å². The summed E-state index contributed by atoms with van der Waals surface area (Å²) in [6.45, 7) is 3.96. The van der Waals surface area contributed by atoms with Gasteiger partial charge in [-0.3, -0.25) is 0 Å². The summed E-state index contributed by atoms with van der Waals surface area (Å²) < 4.78 is 19.8. The molecule has 1 aliphatic rings. The van der Waals surface area contributed by atoms with Crippen LogP contribution >= 0.6 is 11.6 Å². The van der Waals surface area contributed by atoms with Crippen LogP contribution in [0.2, 0.25) is 5.02 Å². The van der Waals surface area contributed by atoms with Gasteiger partial charge in [-0.1, -0.05) is 24.6 Å². The van der Waals surface area contributed by atoms with Gasteiger partial charge in [0.15, 0.2) is 0 Å². The van der Waals surface area contributed by atoms with E-state index in [1.54, 1.807) is 12.1 Å². The van der Waals surface area contributed by atoms with E-state index < -0.39 is 0 Å². The Morgan fingerprint density at radius 2 is 2.29 bits per heavy atom. The monoisotopic (exact) mass is 313 g/mol. The molecule has 0 aliphatic carbocycles. The molecule has 21 heavy (non-hydrogen) atoms. The lowest BCUT2D eigenvalue weighted by Gasteiger charge is -2.28. The molecule has 1 aromatic rings. The Labute approximate surface area is 132 Å². The minimum absolute atomic E-state index is 0.213. The van der Waals surface area contributed by atoms with Crippen LogP contribution in [0.5, 0.6) is 0 Å². The van der Waals surface area contributed by atoms with Crippen molar-refractivity contribution in [3.63, 3.8) is 0 Å². The van der Waals surface area contributed by atoms with Gasteiger partial charge in [-0.2, -0.15) is 0 Å². The zero-order valence-electron chi connectivity index (χ0n) is 12.7. The molecule has 0 radical (unpaired) electrons. The van der Waals surface area contributed by atoms with E-state index in [4.69, 9.17) is 16.3 Å². The molecule has 0 saturated carbocycles. The molecular formula is C17H25ClFNO. The van der Waals surface area contributed by atoms with Crippen molar-refractivity contribution >= 4 is 11.6 Å². The second-order valence-corrected chi connectivity index (χ2v) is 6.25. The van der Waals surface area contributed by atoms with E-state index >= 15 is 0 Å². The summed E-state index contributed by atoms with van der Waals surface area (Å²) in [5, 5.41) is 3.98. The Kier molecular flexibility index (Phi) is 6.94. The topological polar surface area (TPSA) is 21.3 Å². The zero-order valence-corrected chi connectivity index (χ0v) is 13.5. The van der Waals surface area contributed by atoms with E-state index in [9.17, 15) is 4.39 Å². The number of ether oxygens (including phenoxy) is 1. The smallest absolute Gasteiger partial charge is 0.127 e. The van der Waals surface area contributed by atoms with E-state index in [0.29, 0.717) is 17.5 Å². The minimum Gasteiger partial charge on any atom is -0.378 e. The highest BCUT2D eigenvalue weighted by atomic mass is 35.5. The van der Waals surface area contributed by atoms with Crippen LogP contribution in [0, 0.1) is 5.82 Å². The third-order valence-corrected chi connectivity index (χ3v) is 4.22. The van der Waals surface area contributed by atoms with Gasteiger partial charge in [0.2, 0.25) is 0 Å². The molecule has 1 fully saturated rings. The van der Waals surface area contributed by atoms with Crippen molar-refractivity contribution in [2.24, 2.45) is 0 Å². The van der Waals surface area contributed by atoms with Gasteiger partial charge in [0.1, 0.15) is 5.82 Å². The Morgan fingerprint density at radius 3 is 2.95 bits per heavy atom. The van der Waals surface area contributed by atoms with Crippen LogP contribution in [0.4, 0.5) is 4.39 Å². The SMILES string of the molecule is CCCNC(Cc1ccc(Cl)cc1F)CC1CCCCO1. The predicted molar refractivity (Wildman–Crippen MR) is 85.4 cm³/mol. The molecule has 2 atom stereocenters. The van der Waals surface area contributed by atoms with Gasteiger partial charge >= 0.3 is 0 Å². The summed E-state index contributed by atoms with van der Waals surface area (Å²) in [6.07, 6.45) is 6.53. The van der Waals surface area contributed by atoms with Crippen LogP contribution in [0.25, 0.3) is 0 Å². The van der Waals surface area contributed by atoms with Crippen molar-refractivity contribution < 1.29 is 9.13 Å². The van der Waals surface area contributed by atoms with Crippen molar-refractivity contribution in [2.45, 2.75) is 57.6 Å². The van der Waals surface area contributed by atoms with Crippen LogP contribution in [0.3, 0.4) is 0 Å². The maximum atomic E-state index is 14.0. The molecule has 1 N–H and O–H groups in total. The van der Waals surface area contributed by atoms with E-state index in [2.05, 4.69) is 12.2 Å². The molecule has 118 valence electrons. The number of rotatable bonds is 7. The minimum atomic E-state index is -0.213. The third-order valence-electron chi connectivity index (χ3n) is 3.99. The molecule has 0 spiro atoms. The fourth-order valence-electron chi connectivity index (χ4n) is 2.85. The normalized spacial score (nSPS) is 20.4. The van der Waals surface area contributed by atoms with Crippen molar-refractivity contribution in [3.05, 3.63) is 34.6 Å². The summed E-state index contributed by atoms with van der Waals surface area (Å²) in [4.78, 5) is 0. The molecule has 2 rings (SSSR count). The van der Waals surface area contributed by atoms with Gasteiger partial charge in [0, 0.05) is 17.7 Å². The lowest BCUT2D eigenvalue weighted by atomic mass is 9.96. The van der Waals surface area contributed by atoms with Crippen LogP contribution in [0.15, 0.2) is 18.2 Å². The molecular weight excluding hydrogens is 289 g/mol. The molecule has 2 nitrogen and oxygen atoms in total. The first-order valence-corrected chi connectivity index (χ1v) is 8.35. The highest BCUT2D eigenvalue weighted by Gasteiger charge is 2.20. The van der Waals surface area contributed by atoms with Crippen LogP contribution in [-0.4, -0.2) is 25.3 Å². The fraction of sp³-hybridized carbons (Fsp3) is 0.647. The van der Waals surface area contributed by atoms with E-state index in [0.717, 1.165) is 44.4 Å². The standard InChI is InChI=1S/C17H25ClFNO/c1-2-8-20-15(12-16-5-3-4-9-21-16)10-13-6-7-14(18)11-17(13)19/h6-7,11,15-16,20H,2-5,8-10,12H2,1H3. The van der Waals surface area contributed by atoms with Crippen LogP contribution in [-0.2, 0) is 11.2 Å². The van der Waals surface area contributed by atoms with Crippen LogP contribution < -0.4 is 5.32 Å². The molecule has 0 aromatic heterocycles. The molecule has 2 unspecified atom stereocenters. The van der Waals surface area contributed by atoms with Gasteiger partial charge in [-0.25, -0.2) is 4.39 Å². The summed E-state index contributed by atoms with van der Waals surface area (Å²) in [5.41, 5.74) is 0.726. The summed E-state index contributed by atoms with van der Waals surface area (Å²) >= 11 is 5.82. The molecule has 0 amide bonds. The number of benzene rings is 1. The second-order valence-electron chi connectivity index (χ2n) is 5.82. The number of halogens is 2. The average molecular weight is 314 g/mol. The Bertz CT molecular complexity index is 435. The predicted octanol–water partition coefficient (Wildman–Crippen LogP) is 4.35. The second kappa shape index (κ2) is 8.72. The average Bonchev–Trinajstić information content (AvgIpc) is 2.48. The third kappa shape index (κ3) is 5.57. The molecule has 0 bridgehead atoms. The lowest BCUT2D eigenvalue weighted by molar-refractivity contribution is 0.00522. The maximum absolute atomic E-state index is 14.0.